The first-order valence-corrected chi connectivity index (χ1v) is 9.42. The molecule has 0 amide bonds. The zero-order valence-corrected chi connectivity index (χ0v) is 14.3. The number of nitrogens with two attached hydrogens (primary N) is 1. The third-order valence-corrected chi connectivity index (χ3v) is 4.05. The molecular formula is C18H36NS. The molecule has 0 aromatic rings. The third kappa shape index (κ3) is 18.0. The Balaban J connectivity index is 3.01. The Morgan fingerprint density at radius 3 is 1.40 bits per heavy atom. The SMILES string of the molecule is NCCCCCCCC/C=C\CCCCCCCC[S]. The van der Waals surface area contributed by atoms with Gasteiger partial charge in [-0.2, -0.15) is 0 Å². The van der Waals surface area contributed by atoms with Crippen molar-refractivity contribution in [2.75, 3.05) is 12.3 Å². The first-order valence-electron chi connectivity index (χ1n) is 8.85. The van der Waals surface area contributed by atoms with Crippen LogP contribution in [-0.4, -0.2) is 12.3 Å². The summed E-state index contributed by atoms with van der Waals surface area (Å²) in [5.74, 6) is 0.940. The fourth-order valence-corrected chi connectivity index (χ4v) is 2.62. The second-order valence-corrected chi connectivity index (χ2v) is 6.19. The van der Waals surface area contributed by atoms with Crippen LogP contribution in [0.4, 0.5) is 0 Å². The summed E-state index contributed by atoms with van der Waals surface area (Å²) in [6.45, 7) is 0.858. The Morgan fingerprint density at radius 2 is 0.950 bits per heavy atom. The quantitative estimate of drug-likeness (QED) is 0.268. The van der Waals surface area contributed by atoms with Crippen LogP contribution < -0.4 is 5.73 Å². The van der Waals surface area contributed by atoms with Crippen LogP contribution in [0.2, 0.25) is 0 Å². The molecule has 0 bridgehead atoms. The van der Waals surface area contributed by atoms with E-state index in [9.17, 15) is 0 Å². The van der Waals surface area contributed by atoms with Crippen LogP contribution in [0.25, 0.3) is 0 Å². The monoisotopic (exact) mass is 298 g/mol. The zero-order chi connectivity index (χ0) is 14.7. The number of allylic oxidation sites excluding steroid dienone is 2. The summed E-state index contributed by atoms with van der Waals surface area (Å²) in [5.41, 5.74) is 5.48. The van der Waals surface area contributed by atoms with Gasteiger partial charge in [-0.25, -0.2) is 0 Å². The number of unbranched alkanes of at least 4 members (excludes halogenated alkanes) is 12. The molecule has 0 atom stereocenters. The topological polar surface area (TPSA) is 26.0 Å². The van der Waals surface area contributed by atoms with Gasteiger partial charge in [-0.05, 0) is 45.1 Å². The van der Waals surface area contributed by atoms with Gasteiger partial charge in [-0.3, -0.25) is 0 Å². The van der Waals surface area contributed by atoms with Gasteiger partial charge >= 0.3 is 0 Å². The van der Waals surface area contributed by atoms with E-state index in [0.717, 1.165) is 12.3 Å². The van der Waals surface area contributed by atoms with E-state index >= 15 is 0 Å². The maximum atomic E-state index is 5.48. The molecule has 0 spiro atoms. The van der Waals surface area contributed by atoms with E-state index in [1.165, 1.54) is 89.9 Å². The third-order valence-electron chi connectivity index (χ3n) is 3.76. The number of hydrogen-bond donors (Lipinski definition) is 1. The van der Waals surface area contributed by atoms with Gasteiger partial charge in [0.15, 0.2) is 0 Å². The summed E-state index contributed by atoms with van der Waals surface area (Å²) in [5, 5.41) is 0. The van der Waals surface area contributed by atoms with Crippen LogP contribution in [-0.2, 0) is 0 Å². The van der Waals surface area contributed by atoms with E-state index in [0.29, 0.717) is 0 Å². The second kappa shape index (κ2) is 19.1. The molecule has 1 nitrogen and oxygen atoms in total. The zero-order valence-electron chi connectivity index (χ0n) is 13.5. The largest absolute Gasteiger partial charge is 0.330 e. The molecule has 0 aliphatic rings. The highest BCUT2D eigenvalue weighted by Crippen LogP contribution is 2.09. The van der Waals surface area contributed by atoms with Crippen molar-refractivity contribution in [2.45, 2.75) is 89.9 Å². The van der Waals surface area contributed by atoms with E-state index in [1.807, 2.05) is 0 Å². The Labute approximate surface area is 133 Å². The lowest BCUT2D eigenvalue weighted by Gasteiger charge is -1.99. The van der Waals surface area contributed by atoms with Crippen molar-refractivity contribution in [3.63, 3.8) is 0 Å². The Morgan fingerprint density at radius 1 is 0.550 bits per heavy atom. The van der Waals surface area contributed by atoms with Crippen LogP contribution in [0, 0.1) is 0 Å². The summed E-state index contributed by atoms with van der Waals surface area (Å²) >= 11 is 4.94. The Hall–Kier alpha value is 0.0500. The van der Waals surface area contributed by atoms with E-state index < -0.39 is 0 Å². The van der Waals surface area contributed by atoms with Crippen LogP contribution in [0.15, 0.2) is 12.2 Å². The van der Waals surface area contributed by atoms with Crippen molar-refractivity contribution in [1.29, 1.82) is 0 Å². The van der Waals surface area contributed by atoms with Crippen molar-refractivity contribution in [2.24, 2.45) is 5.73 Å². The lowest BCUT2D eigenvalue weighted by molar-refractivity contribution is 0.599. The molecule has 0 fully saturated rings. The molecule has 119 valence electrons. The molecule has 0 aliphatic carbocycles. The van der Waals surface area contributed by atoms with Gasteiger partial charge in [0.25, 0.3) is 0 Å². The maximum absolute atomic E-state index is 5.48. The van der Waals surface area contributed by atoms with Gasteiger partial charge in [0, 0.05) is 5.75 Å². The second-order valence-electron chi connectivity index (χ2n) is 5.78. The van der Waals surface area contributed by atoms with E-state index in [2.05, 4.69) is 12.2 Å². The Bertz CT molecular complexity index is 172. The van der Waals surface area contributed by atoms with Crippen molar-refractivity contribution in [3.05, 3.63) is 12.2 Å². The summed E-state index contributed by atoms with van der Waals surface area (Å²) in [7, 11) is 0. The van der Waals surface area contributed by atoms with Crippen LogP contribution >= 0.6 is 12.6 Å². The first kappa shape index (κ1) is 20.1. The normalized spacial score (nSPS) is 11.5. The lowest BCUT2D eigenvalue weighted by Crippen LogP contribution is -1.97. The van der Waals surface area contributed by atoms with Gasteiger partial charge in [-0.15, -0.1) is 0 Å². The summed E-state index contributed by atoms with van der Waals surface area (Å²) in [6.07, 6.45) is 23.4. The highest BCUT2D eigenvalue weighted by Gasteiger charge is 1.91. The summed E-state index contributed by atoms with van der Waals surface area (Å²) < 4.78 is 0. The highest BCUT2D eigenvalue weighted by atomic mass is 32.1. The fourth-order valence-electron chi connectivity index (χ4n) is 2.42. The molecule has 0 rings (SSSR count). The van der Waals surface area contributed by atoms with Crippen molar-refractivity contribution < 1.29 is 0 Å². The van der Waals surface area contributed by atoms with Crippen LogP contribution in [0.1, 0.15) is 89.9 Å². The molecule has 2 N–H and O–H groups in total. The maximum Gasteiger partial charge on any atom is 0.00369 e. The molecule has 0 saturated heterocycles. The highest BCUT2D eigenvalue weighted by molar-refractivity contribution is 7.80. The number of hydrogen-bond acceptors (Lipinski definition) is 1. The molecule has 0 unspecified atom stereocenters. The minimum Gasteiger partial charge on any atom is -0.330 e. The lowest BCUT2D eigenvalue weighted by atomic mass is 10.1. The average molecular weight is 299 g/mol. The van der Waals surface area contributed by atoms with Gasteiger partial charge in [0.1, 0.15) is 0 Å². The van der Waals surface area contributed by atoms with E-state index in [-0.39, 0.29) is 0 Å². The molecule has 0 aliphatic heterocycles. The molecule has 0 heterocycles. The molecular weight excluding hydrogens is 262 g/mol. The fraction of sp³-hybridized carbons (Fsp3) is 0.889. The molecule has 0 saturated carbocycles. The van der Waals surface area contributed by atoms with Crippen LogP contribution in [0.3, 0.4) is 0 Å². The van der Waals surface area contributed by atoms with E-state index in [1.54, 1.807) is 0 Å². The standard InChI is InChI=1S/C18H36NS/c19-17-15-13-11-9-7-5-3-1-2-4-6-8-10-12-14-16-18-20/h1-2H,3-19H2/b2-1-. The minimum absolute atomic E-state index is 0.858. The molecule has 0 aromatic heterocycles. The molecule has 0 aromatic carbocycles. The van der Waals surface area contributed by atoms with Crippen molar-refractivity contribution in [1.82, 2.24) is 0 Å². The van der Waals surface area contributed by atoms with Gasteiger partial charge in [0.2, 0.25) is 0 Å². The molecule has 2 heteroatoms. The Kier molecular flexibility index (Phi) is 19.1. The van der Waals surface area contributed by atoms with Crippen molar-refractivity contribution >= 4 is 12.6 Å². The van der Waals surface area contributed by atoms with Crippen molar-refractivity contribution in [3.8, 4) is 0 Å². The molecule has 1 radical (unpaired) electrons. The summed E-state index contributed by atoms with van der Waals surface area (Å²) in [6, 6.07) is 0. The van der Waals surface area contributed by atoms with Gasteiger partial charge in [-0.1, -0.05) is 76.1 Å². The smallest absolute Gasteiger partial charge is 0.00369 e. The van der Waals surface area contributed by atoms with Crippen LogP contribution in [0.5, 0.6) is 0 Å². The summed E-state index contributed by atoms with van der Waals surface area (Å²) in [4.78, 5) is 0. The average Bonchev–Trinajstić information content (AvgIpc) is 2.47. The van der Waals surface area contributed by atoms with E-state index in [4.69, 9.17) is 18.4 Å². The van der Waals surface area contributed by atoms with Gasteiger partial charge in [0.05, 0.1) is 0 Å². The minimum atomic E-state index is 0.858. The predicted octanol–water partition coefficient (Wildman–Crippen LogP) is 6.16. The van der Waals surface area contributed by atoms with Gasteiger partial charge < -0.3 is 5.73 Å². The number of rotatable bonds is 16. The predicted molar refractivity (Wildman–Crippen MR) is 95.3 cm³/mol. The first-order chi connectivity index (χ1) is 9.91. The molecule has 20 heavy (non-hydrogen) atoms.